The van der Waals surface area contributed by atoms with Crippen LogP contribution in [0.3, 0.4) is 0 Å². The van der Waals surface area contributed by atoms with Crippen LogP contribution in [-0.2, 0) is 6.42 Å². The number of aromatic amines is 1. The summed E-state index contributed by atoms with van der Waals surface area (Å²) in [6.07, 6.45) is 0.926. The maximum Gasteiger partial charge on any atom is 0.268 e. The highest BCUT2D eigenvalue weighted by Gasteiger charge is 2.21. The molecule has 1 aromatic carbocycles. The molecule has 0 aliphatic rings. The van der Waals surface area contributed by atoms with Gasteiger partial charge in [-0.3, -0.25) is 4.79 Å². The Morgan fingerprint density at radius 1 is 1.33 bits per heavy atom. The summed E-state index contributed by atoms with van der Waals surface area (Å²) in [5.74, 6) is -0.186. The molecule has 3 aromatic rings. The van der Waals surface area contributed by atoms with Crippen LogP contribution in [0.1, 0.15) is 44.6 Å². The van der Waals surface area contributed by atoms with Crippen molar-refractivity contribution in [3.8, 4) is 11.3 Å². The van der Waals surface area contributed by atoms with E-state index >= 15 is 0 Å². The zero-order chi connectivity index (χ0) is 19.6. The predicted molar refractivity (Wildman–Crippen MR) is 111 cm³/mol. The highest BCUT2D eigenvalue weighted by molar-refractivity contribution is 7.11. The second kappa shape index (κ2) is 8.25. The number of nitrogens with one attached hydrogen (secondary N) is 2. The first-order chi connectivity index (χ1) is 12.9. The minimum absolute atomic E-state index is 0.186. The molecule has 0 radical (unpaired) electrons. The number of aromatic nitrogens is 2. The number of carbonyl (C=O) groups is 1. The van der Waals surface area contributed by atoms with Gasteiger partial charge in [-0.05, 0) is 49.6 Å². The minimum atomic E-state index is -0.303. The normalized spacial score (nSPS) is 12.2. The van der Waals surface area contributed by atoms with Gasteiger partial charge in [0.1, 0.15) is 10.7 Å². The van der Waals surface area contributed by atoms with Gasteiger partial charge < -0.3 is 16.0 Å². The molecule has 0 aliphatic heterocycles. The molecule has 0 spiro atoms. The highest BCUT2D eigenvalue weighted by atomic mass is 35.5. The third-order valence-electron chi connectivity index (χ3n) is 4.47. The van der Waals surface area contributed by atoms with Gasteiger partial charge in [-0.15, -0.1) is 11.3 Å². The molecule has 5 nitrogen and oxygen atoms in total. The molecule has 7 heteroatoms. The molecule has 0 bridgehead atoms. The Kier molecular flexibility index (Phi) is 5.99. The van der Waals surface area contributed by atoms with Crippen molar-refractivity contribution in [2.45, 2.75) is 33.2 Å². The number of halogens is 1. The number of nitrogens with zero attached hydrogens (tertiary/aromatic N) is 1. The molecule has 0 fully saturated rings. The third-order valence-corrected chi connectivity index (χ3v) is 6.13. The zero-order valence-electron chi connectivity index (χ0n) is 15.6. The van der Waals surface area contributed by atoms with Crippen LogP contribution >= 0.6 is 22.9 Å². The van der Waals surface area contributed by atoms with E-state index in [9.17, 15) is 4.79 Å². The quantitative estimate of drug-likeness (QED) is 0.571. The fraction of sp³-hybridized carbons (Fsp3) is 0.300. The van der Waals surface area contributed by atoms with E-state index in [0.29, 0.717) is 17.3 Å². The monoisotopic (exact) mass is 402 g/mol. The van der Waals surface area contributed by atoms with Crippen molar-refractivity contribution in [1.29, 1.82) is 0 Å². The molecule has 0 aliphatic carbocycles. The molecular formula is C20H23ClN4OS. The van der Waals surface area contributed by atoms with Crippen molar-refractivity contribution in [2.75, 3.05) is 6.54 Å². The molecular weight excluding hydrogens is 380 g/mol. The summed E-state index contributed by atoms with van der Waals surface area (Å²) >= 11 is 7.56. The first kappa shape index (κ1) is 19.6. The number of aryl methyl sites for hydroxylation is 3. The molecule has 27 heavy (non-hydrogen) atoms. The Morgan fingerprint density at radius 3 is 2.63 bits per heavy atom. The Morgan fingerprint density at radius 2 is 2.04 bits per heavy atom. The maximum atomic E-state index is 12.8. The van der Waals surface area contributed by atoms with Crippen LogP contribution in [0, 0.1) is 13.8 Å². The maximum absolute atomic E-state index is 12.8. The third kappa shape index (κ3) is 4.24. The molecule has 1 amide bonds. The average Bonchev–Trinajstić information content (AvgIpc) is 3.22. The second-order valence-electron chi connectivity index (χ2n) is 6.42. The van der Waals surface area contributed by atoms with E-state index in [4.69, 9.17) is 17.3 Å². The van der Waals surface area contributed by atoms with Gasteiger partial charge in [0, 0.05) is 22.1 Å². The fourth-order valence-electron chi connectivity index (χ4n) is 2.96. The fourth-order valence-corrected chi connectivity index (χ4v) is 4.15. The van der Waals surface area contributed by atoms with Crippen molar-refractivity contribution in [3.05, 3.63) is 62.2 Å². The molecule has 2 heterocycles. The van der Waals surface area contributed by atoms with Crippen LogP contribution in [0.5, 0.6) is 0 Å². The Balaban J connectivity index is 1.81. The van der Waals surface area contributed by atoms with E-state index in [-0.39, 0.29) is 11.9 Å². The van der Waals surface area contributed by atoms with Crippen LogP contribution in [0.15, 0.2) is 30.3 Å². The van der Waals surface area contributed by atoms with Crippen LogP contribution in [0.4, 0.5) is 0 Å². The molecule has 1 unspecified atom stereocenters. The van der Waals surface area contributed by atoms with E-state index in [0.717, 1.165) is 33.9 Å². The van der Waals surface area contributed by atoms with E-state index in [1.807, 2.05) is 44.2 Å². The van der Waals surface area contributed by atoms with Gasteiger partial charge in [0.05, 0.1) is 11.7 Å². The topological polar surface area (TPSA) is 83.8 Å². The lowest BCUT2D eigenvalue weighted by molar-refractivity contribution is 0.0932. The SMILES string of the molecule is CCc1sc(C(CN)NC(=O)c2[nH]c(-c3ccc(Cl)cc3)cc2C)nc1C. The lowest BCUT2D eigenvalue weighted by Crippen LogP contribution is -2.33. The van der Waals surface area contributed by atoms with E-state index in [2.05, 4.69) is 22.2 Å². The second-order valence-corrected chi connectivity index (χ2v) is 7.98. The minimum Gasteiger partial charge on any atom is -0.350 e. The lowest BCUT2D eigenvalue weighted by Gasteiger charge is -2.14. The van der Waals surface area contributed by atoms with Crippen LogP contribution in [0.2, 0.25) is 5.02 Å². The van der Waals surface area contributed by atoms with Gasteiger partial charge in [0.25, 0.3) is 5.91 Å². The Bertz CT molecular complexity index is 946. The van der Waals surface area contributed by atoms with Crippen LogP contribution in [-0.4, -0.2) is 22.4 Å². The molecule has 2 aromatic heterocycles. The van der Waals surface area contributed by atoms with Crippen LogP contribution < -0.4 is 11.1 Å². The van der Waals surface area contributed by atoms with Crippen molar-refractivity contribution in [2.24, 2.45) is 5.73 Å². The number of carbonyl (C=O) groups excluding carboxylic acids is 1. The summed E-state index contributed by atoms with van der Waals surface area (Å²) < 4.78 is 0. The number of rotatable bonds is 6. The first-order valence-corrected chi connectivity index (χ1v) is 10.0. The molecule has 1 atom stereocenters. The van der Waals surface area contributed by atoms with E-state index < -0.39 is 0 Å². The van der Waals surface area contributed by atoms with Gasteiger partial charge >= 0.3 is 0 Å². The van der Waals surface area contributed by atoms with Gasteiger partial charge in [-0.1, -0.05) is 30.7 Å². The summed E-state index contributed by atoms with van der Waals surface area (Å²) in [6.45, 7) is 6.29. The van der Waals surface area contributed by atoms with Crippen molar-refractivity contribution in [3.63, 3.8) is 0 Å². The van der Waals surface area contributed by atoms with Gasteiger partial charge in [0.15, 0.2) is 0 Å². The number of amides is 1. The average molecular weight is 403 g/mol. The summed E-state index contributed by atoms with van der Waals surface area (Å²) in [5.41, 5.74) is 10.2. The highest BCUT2D eigenvalue weighted by Crippen LogP contribution is 2.26. The van der Waals surface area contributed by atoms with Crippen molar-refractivity contribution >= 4 is 28.8 Å². The predicted octanol–water partition coefficient (Wildman–Crippen LogP) is 4.40. The smallest absolute Gasteiger partial charge is 0.268 e. The first-order valence-electron chi connectivity index (χ1n) is 8.85. The molecule has 4 N–H and O–H groups in total. The van der Waals surface area contributed by atoms with E-state index in [1.165, 1.54) is 4.88 Å². The molecule has 3 rings (SSSR count). The zero-order valence-corrected chi connectivity index (χ0v) is 17.2. The summed E-state index contributed by atoms with van der Waals surface area (Å²) in [6, 6.07) is 9.15. The molecule has 142 valence electrons. The Hall–Kier alpha value is -2.15. The van der Waals surface area contributed by atoms with Crippen molar-refractivity contribution in [1.82, 2.24) is 15.3 Å². The number of benzene rings is 1. The number of hydrogen-bond acceptors (Lipinski definition) is 4. The number of thiazole rings is 1. The van der Waals surface area contributed by atoms with E-state index in [1.54, 1.807) is 11.3 Å². The summed E-state index contributed by atoms with van der Waals surface area (Å²) in [4.78, 5) is 21.8. The van der Waals surface area contributed by atoms with Crippen molar-refractivity contribution < 1.29 is 4.79 Å². The van der Waals surface area contributed by atoms with Gasteiger partial charge in [-0.25, -0.2) is 4.98 Å². The number of nitrogens with two attached hydrogens (primary N) is 1. The molecule has 0 saturated carbocycles. The standard InChI is InChI=1S/C20H23ClN4OS/c1-4-17-12(3)23-20(27-17)16(10-22)25-19(26)18-11(2)9-15(24-18)13-5-7-14(21)8-6-13/h5-9,16,24H,4,10,22H2,1-3H3,(H,25,26). The summed E-state index contributed by atoms with van der Waals surface area (Å²) in [7, 11) is 0. The largest absolute Gasteiger partial charge is 0.350 e. The molecule has 0 saturated heterocycles. The lowest BCUT2D eigenvalue weighted by atomic mass is 10.1. The number of hydrogen-bond donors (Lipinski definition) is 3. The van der Waals surface area contributed by atoms with Gasteiger partial charge in [0.2, 0.25) is 0 Å². The Labute approximate surface area is 168 Å². The van der Waals surface area contributed by atoms with Gasteiger partial charge in [-0.2, -0.15) is 0 Å². The van der Waals surface area contributed by atoms with Crippen LogP contribution in [0.25, 0.3) is 11.3 Å². The summed E-state index contributed by atoms with van der Waals surface area (Å²) in [5, 5.41) is 4.54. The number of H-pyrrole nitrogens is 1.